The van der Waals surface area contributed by atoms with Crippen LogP contribution in [0, 0.1) is 6.92 Å². The van der Waals surface area contributed by atoms with Crippen LogP contribution in [0.2, 0.25) is 5.02 Å². The van der Waals surface area contributed by atoms with Gasteiger partial charge in [-0.1, -0.05) is 39.7 Å². The number of halogens is 2. The normalized spacial score (nSPS) is 12.7. The van der Waals surface area contributed by atoms with Crippen molar-refractivity contribution in [2.24, 2.45) is 12.8 Å². The molecule has 0 saturated carbocycles. The van der Waals surface area contributed by atoms with E-state index in [0.717, 1.165) is 33.7 Å². The van der Waals surface area contributed by atoms with Gasteiger partial charge in [0.05, 0.1) is 16.4 Å². The molecule has 2 aromatic rings. The smallest absolute Gasteiger partial charge is 0.0847 e. The second kappa shape index (κ2) is 6.07. The molecule has 1 atom stereocenters. The average Bonchev–Trinajstić information content (AvgIpc) is 2.56. The fraction of sp³-hybridized carbons (Fsp3) is 0.357. The summed E-state index contributed by atoms with van der Waals surface area (Å²) < 4.78 is 2.89. The molecule has 0 radical (unpaired) electrons. The van der Waals surface area contributed by atoms with Gasteiger partial charge >= 0.3 is 0 Å². The monoisotopic (exact) mass is 341 g/mol. The van der Waals surface area contributed by atoms with Crippen molar-refractivity contribution in [2.45, 2.75) is 25.8 Å². The van der Waals surface area contributed by atoms with Crippen molar-refractivity contribution in [3.63, 3.8) is 0 Å². The molecule has 2 N–H and O–H groups in total. The van der Waals surface area contributed by atoms with E-state index < -0.39 is 0 Å². The van der Waals surface area contributed by atoms with E-state index in [1.165, 1.54) is 5.56 Å². The van der Waals surface area contributed by atoms with E-state index in [9.17, 15) is 0 Å². The van der Waals surface area contributed by atoms with Crippen molar-refractivity contribution < 1.29 is 0 Å². The largest absolute Gasteiger partial charge is 0.327 e. The zero-order chi connectivity index (χ0) is 14.0. The van der Waals surface area contributed by atoms with E-state index in [-0.39, 0.29) is 6.04 Å². The van der Waals surface area contributed by atoms with Crippen LogP contribution in [0.25, 0.3) is 0 Å². The van der Waals surface area contributed by atoms with Gasteiger partial charge in [-0.25, -0.2) is 0 Å². The highest BCUT2D eigenvalue weighted by atomic mass is 79.9. The van der Waals surface area contributed by atoms with Gasteiger partial charge in [0.25, 0.3) is 0 Å². The summed E-state index contributed by atoms with van der Waals surface area (Å²) in [5, 5.41) is 5.04. The summed E-state index contributed by atoms with van der Waals surface area (Å²) in [6.07, 6.45) is 1.54. The van der Waals surface area contributed by atoms with Crippen LogP contribution in [-0.2, 0) is 19.9 Å². The lowest BCUT2D eigenvalue weighted by Crippen LogP contribution is -2.26. The summed E-state index contributed by atoms with van der Waals surface area (Å²) in [6.45, 7) is 1.91. The molecular weight excluding hydrogens is 326 g/mol. The van der Waals surface area contributed by atoms with Crippen molar-refractivity contribution in [2.75, 3.05) is 0 Å². The molecular formula is C14H17BrClN3. The SMILES string of the molecule is Cc1nn(C)c(CC(N)Cc2cccc(Br)c2)c1Cl. The quantitative estimate of drug-likeness (QED) is 0.927. The third-order valence-electron chi connectivity index (χ3n) is 3.10. The zero-order valence-electron chi connectivity index (χ0n) is 11.0. The van der Waals surface area contributed by atoms with Crippen molar-refractivity contribution >= 4 is 27.5 Å². The number of rotatable bonds is 4. The molecule has 0 spiro atoms. The van der Waals surface area contributed by atoms with Crippen molar-refractivity contribution in [3.8, 4) is 0 Å². The Morgan fingerprint density at radius 1 is 1.42 bits per heavy atom. The highest BCUT2D eigenvalue weighted by Crippen LogP contribution is 2.21. The summed E-state index contributed by atoms with van der Waals surface area (Å²) >= 11 is 9.71. The number of aromatic nitrogens is 2. The maximum Gasteiger partial charge on any atom is 0.0847 e. The molecule has 0 aliphatic carbocycles. The minimum Gasteiger partial charge on any atom is -0.327 e. The Morgan fingerprint density at radius 2 is 2.16 bits per heavy atom. The molecule has 1 aromatic heterocycles. The standard InChI is InChI=1S/C14H17BrClN3/c1-9-14(16)13(19(2)18-9)8-12(17)7-10-4-3-5-11(15)6-10/h3-6,12H,7-8,17H2,1-2H3. The van der Waals surface area contributed by atoms with Gasteiger partial charge in [0, 0.05) is 24.0 Å². The first-order valence-electron chi connectivity index (χ1n) is 6.15. The van der Waals surface area contributed by atoms with E-state index in [2.05, 4.69) is 33.2 Å². The first-order chi connectivity index (χ1) is 8.97. The highest BCUT2D eigenvalue weighted by molar-refractivity contribution is 9.10. The number of aryl methyl sites for hydroxylation is 2. The van der Waals surface area contributed by atoms with Gasteiger partial charge in [-0.05, 0) is 31.0 Å². The molecule has 0 aliphatic rings. The lowest BCUT2D eigenvalue weighted by molar-refractivity contribution is 0.612. The fourth-order valence-corrected chi connectivity index (χ4v) is 2.87. The predicted octanol–water partition coefficient (Wildman–Crippen LogP) is 3.26. The van der Waals surface area contributed by atoms with Gasteiger partial charge in [0.2, 0.25) is 0 Å². The number of nitrogens with two attached hydrogens (primary N) is 1. The van der Waals surface area contributed by atoms with Gasteiger partial charge in [0.1, 0.15) is 0 Å². The van der Waals surface area contributed by atoms with E-state index in [1.807, 2.05) is 30.8 Å². The molecule has 0 bridgehead atoms. The Kier molecular flexibility index (Phi) is 4.66. The first kappa shape index (κ1) is 14.6. The molecule has 0 saturated heterocycles. The van der Waals surface area contributed by atoms with Gasteiger partial charge in [-0.3, -0.25) is 4.68 Å². The fourth-order valence-electron chi connectivity index (χ4n) is 2.19. The van der Waals surface area contributed by atoms with Crippen LogP contribution in [0.1, 0.15) is 17.0 Å². The van der Waals surface area contributed by atoms with Crippen LogP contribution in [0.15, 0.2) is 28.7 Å². The third kappa shape index (κ3) is 3.59. The second-order valence-corrected chi connectivity index (χ2v) is 6.06. The van der Waals surface area contributed by atoms with Crippen LogP contribution in [0.3, 0.4) is 0 Å². The van der Waals surface area contributed by atoms with Gasteiger partial charge < -0.3 is 5.73 Å². The minimum absolute atomic E-state index is 0.0293. The molecule has 102 valence electrons. The number of hydrogen-bond acceptors (Lipinski definition) is 2. The topological polar surface area (TPSA) is 43.8 Å². The van der Waals surface area contributed by atoms with Crippen molar-refractivity contribution in [1.82, 2.24) is 9.78 Å². The van der Waals surface area contributed by atoms with Crippen LogP contribution >= 0.6 is 27.5 Å². The molecule has 1 unspecified atom stereocenters. The molecule has 0 aliphatic heterocycles. The average molecular weight is 343 g/mol. The van der Waals surface area contributed by atoms with Crippen LogP contribution in [-0.4, -0.2) is 15.8 Å². The summed E-state index contributed by atoms with van der Waals surface area (Å²) in [7, 11) is 1.90. The third-order valence-corrected chi connectivity index (χ3v) is 4.09. The Morgan fingerprint density at radius 3 is 2.74 bits per heavy atom. The lowest BCUT2D eigenvalue weighted by Gasteiger charge is -2.12. The molecule has 0 fully saturated rings. The lowest BCUT2D eigenvalue weighted by atomic mass is 10.0. The molecule has 1 heterocycles. The number of nitrogens with zero attached hydrogens (tertiary/aromatic N) is 2. The summed E-state index contributed by atoms with van der Waals surface area (Å²) in [5.74, 6) is 0. The van der Waals surface area contributed by atoms with Crippen LogP contribution in [0.5, 0.6) is 0 Å². The van der Waals surface area contributed by atoms with E-state index in [0.29, 0.717) is 0 Å². The number of benzene rings is 1. The Bertz CT molecular complexity index is 580. The van der Waals surface area contributed by atoms with Gasteiger partial charge in [-0.2, -0.15) is 5.10 Å². The molecule has 2 rings (SSSR count). The van der Waals surface area contributed by atoms with Crippen molar-refractivity contribution in [3.05, 3.63) is 50.7 Å². The van der Waals surface area contributed by atoms with E-state index in [4.69, 9.17) is 17.3 Å². The molecule has 0 amide bonds. The summed E-state index contributed by atoms with van der Waals surface area (Å²) in [5.41, 5.74) is 9.30. The predicted molar refractivity (Wildman–Crippen MR) is 82.5 cm³/mol. The Hall–Kier alpha value is -0.840. The number of hydrogen-bond donors (Lipinski definition) is 1. The Balaban J connectivity index is 2.07. The van der Waals surface area contributed by atoms with Crippen molar-refractivity contribution in [1.29, 1.82) is 0 Å². The van der Waals surface area contributed by atoms with Crippen LogP contribution in [0.4, 0.5) is 0 Å². The summed E-state index contributed by atoms with van der Waals surface area (Å²) in [6, 6.07) is 8.24. The molecule has 5 heteroatoms. The minimum atomic E-state index is 0.0293. The van der Waals surface area contributed by atoms with E-state index >= 15 is 0 Å². The van der Waals surface area contributed by atoms with Gasteiger partial charge in [-0.15, -0.1) is 0 Å². The second-order valence-electron chi connectivity index (χ2n) is 4.77. The molecule has 3 nitrogen and oxygen atoms in total. The Labute approximate surface area is 126 Å². The molecule has 19 heavy (non-hydrogen) atoms. The maximum atomic E-state index is 6.24. The van der Waals surface area contributed by atoms with Crippen LogP contribution < -0.4 is 5.73 Å². The zero-order valence-corrected chi connectivity index (χ0v) is 13.4. The maximum absolute atomic E-state index is 6.24. The molecule has 1 aromatic carbocycles. The first-order valence-corrected chi connectivity index (χ1v) is 7.32. The summed E-state index contributed by atoms with van der Waals surface area (Å²) in [4.78, 5) is 0. The van der Waals surface area contributed by atoms with E-state index in [1.54, 1.807) is 0 Å². The van der Waals surface area contributed by atoms with Gasteiger partial charge in [0.15, 0.2) is 0 Å². The highest BCUT2D eigenvalue weighted by Gasteiger charge is 2.15.